The lowest BCUT2D eigenvalue weighted by atomic mass is 9.77. The van der Waals surface area contributed by atoms with Crippen LogP contribution in [0, 0.1) is 5.92 Å². The van der Waals surface area contributed by atoms with Gasteiger partial charge in [0.1, 0.15) is 0 Å². The molecule has 3 aliphatic heterocycles. The van der Waals surface area contributed by atoms with Crippen molar-refractivity contribution in [1.29, 1.82) is 0 Å². The average Bonchev–Trinajstić information content (AvgIpc) is 2.61. The molecule has 0 radical (unpaired) electrons. The van der Waals surface area contributed by atoms with Crippen molar-refractivity contribution in [2.75, 3.05) is 40.6 Å². The van der Waals surface area contributed by atoms with E-state index < -0.39 is 0 Å². The van der Waals surface area contributed by atoms with E-state index in [1.54, 1.807) is 14.2 Å². The van der Waals surface area contributed by atoms with E-state index in [4.69, 9.17) is 29.0 Å². The van der Waals surface area contributed by atoms with Crippen LogP contribution < -0.4 is 0 Å². The Hall–Kier alpha value is -0.280. The van der Waals surface area contributed by atoms with E-state index in [2.05, 4.69) is 4.90 Å². The van der Waals surface area contributed by atoms with Crippen molar-refractivity contribution in [2.24, 2.45) is 5.92 Å². The molecule has 0 aliphatic carbocycles. The first kappa shape index (κ1) is 19.5. The van der Waals surface area contributed by atoms with Gasteiger partial charge in [0.25, 0.3) is 0 Å². The highest BCUT2D eigenvalue weighted by Crippen LogP contribution is 2.38. The van der Waals surface area contributed by atoms with Crippen LogP contribution >= 0.6 is 0 Å². The van der Waals surface area contributed by atoms with Crippen LogP contribution in [0.25, 0.3) is 0 Å². The normalized spacial score (nSPS) is 36.5. The van der Waals surface area contributed by atoms with E-state index in [1.807, 2.05) is 0 Å². The summed E-state index contributed by atoms with van der Waals surface area (Å²) >= 11 is 0. The Morgan fingerprint density at radius 3 is 2.36 bits per heavy atom. The molecule has 0 aromatic heterocycles. The topological polar surface area (TPSA) is 58.6 Å². The highest BCUT2D eigenvalue weighted by atomic mass is 17.2. The zero-order valence-electron chi connectivity index (χ0n) is 15.6. The van der Waals surface area contributed by atoms with Gasteiger partial charge in [0.15, 0.2) is 6.29 Å². The van der Waals surface area contributed by atoms with Gasteiger partial charge in [-0.25, -0.2) is 19.6 Å². The molecule has 7 nitrogen and oxygen atoms in total. The third-order valence-electron chi connectivity index (χ3n) is 5.67. The summed E-state index contributed by atoms with van der Waals surface area (Å²) in [6.45, 7) is 3.00. The van der Waals surface area contributed by atoms with Gasteiger partial charge in [-0.05, 0) is 50.9 Å². The second kappa shape index (κ2) is 10.2. The van der Waals surface area contributed by atoms with Crippen LogP contribution in [-0.4, -0.2) is 70.0 Å². The van der Waals surface area contributed by atoms with Gasteiger partial charge in [0.2, 0.25) is 0 Å². The molecule has 0 N–H and O–H groups in total. The van der Waals surface area contributed by atoms with E-state index >= 15 is 0 Å². The van der Waals surface area contributed by atoms with Crippen LogP contribution in [0.1, 0.15) is 44.9 Å². The molecule has 2 bridgehead atoms. The molecular weight excluding hydrogens is 326 g/mol. The largest absolute Gasteiger partial charge is 0.353 e. The van der Waals surface area contributed by atoms with E-state index in [0.29, 0.717) is 37.3 Å². The molecule has 3 aliphatic rings. The summed E-state index contributed by atoms with van der Waals surface area (Å²) in [5.74, 6) is 0.543. The standard InChI is InChI=1S/C18H33NO6/c1-20-23-8-6-19-15-9-14(13-24-21-2)10-16(19)12-17(11-15)25-18-5-3-4-7-22-18/h14-18H,3-13H2,1-2H3. The smallest absolute Gasteiger partial charge is 0.157 e. The molecule has 3 saturated heterocycles. The third-order valence-corrected chi connectivity index (χ3v) is 5.67. The summed E-state index contributed by atoms with van der Waals surface area (Å²) < 4.78 is 12.1. The molecule has 3 heterocycles. The van der Waals surface area contributed by atoms with E-state index in [1.165, 1.54) is 6.42 Å². The molecule has 146 valence electrons. The Kier molecular flexibility index (Phi) is 7.91. The van der Waals surface area contributed by atoms with Crippen molar-refractivity contribution in [2.45, 2.75) is 69.4 Å². The SMILES string of the molecule is COOCCN1C2CC(COOC)CC1CC(OC1CCCCO1)C2. The first-order chi connectivity index (χ1) is 12.3. The van der Waals surface area contributed by atoms with Crippen LogP contribution in [-0.2, 0) is 29.0 Å². The molecule has 0 amide bonds. The van der Waals surface area contributed by atoms with Crippen LogP contribution in [0.2, 0.25) is 0 Å². The summed E-state index contributed by atoms with van der Waals surface area (Å²) in [6, 6.07) is 0.985. The summed E-state index contributed by atoms with van der Waals surface area (Å²) in [4.78, 5) is 22.4. The molecule has 7 heteroatoms. The van der Waals surface area contributed by atoms with Crippen LogP contribution in [0.15, 0.2) is 0 Å². The fraction of sp³-hybridized carbons (Fsp3) is 1.00. The molecule has 0 aromatic rings. The fourth-order valence-electron chi connectivity index (χ4n) is 4.64. The van der Waals surface area contributed by atoms with Crippen molar-refractivity contribution in [3.05, 3.63) is 0 Å². The molecule has 0 spiro atoms. The second-order valence-corrected chi connectivity index (χ2v) is 7.35. The number of piperidine rings is 2. The summed E-state index contributed by atoms with van der Waals surface area (Å²) in [5.41, 5.74) is 0. The number of hydrogen-bond donors (Lipinski definition) is 0. The van der Waals surface area contributed by atoms with E-state index in [0.717, 1.165) is 51.7 Å². The predicted molar refractivity (Wildman–Crippen MR) is 90.6 cm³/mol. The molecule has 3 fully saturated rings. The predicted octanol–water partition coefficient (Wildman–Crippen LogP) is 2.30. The first-order valence-electron chi connectivity index (χ1n) is 9.64. The van der Waals surface area contributed by atoms with Crippen molar-refractivity contribution >= 4 is 0 Å². The van der Waals surface area contributed by atoms with Crippen molar-refractivity contribution in [3.63, 3.8) is 0 Å². The van der Waals surface area contributed by atoms with Gasteiger partial charge < -0.3 is 9.47 Å². The highest BCUT2D eigenvalue weighted by molar-refractivity contribution is 4.96. The Labute approximate surface area is 150 Å². The number of rotatable bonds is 9. The molecule has 3 rings (SSSR count). The van der Waals surface area contributed by atoms with Gasteiger partial charge in [-0.1, -0.05) is 0 Å². The first-order valence-corrected chi connectivity index (χ1v) is 9.64. The summed E-state index contributed by atoms with van der Waals surface area (Å²) in [6.07, 6.45) is 8.00. The van der Waals surface area contributed by atoms with Crippen molar-refractivity contribution < 1.29 is 29.0 Å². The molecule has 25 heavy (non-hydrogen) atoms. The summed E-state index contributed by atoms with van der Waals surface area (Å²) in [7, 11) is 3.13. The number of ether oxygens (including phenoxy) is 2. The van der Waals surface area contributed by atoms with Crippen LogP contribution in [0.5, 0.6) is 0 Å². The zero-order chi connectivity index (χ0) is 17.5. The summed E-state index contributed by atoms with van der Waals surface area (Å²) in [5, 5.41) is 0. The fourth-order valence-corrected chi connectivity index (χ4v) is 4.64. The van der Waals surface area contributed by atoms with Gasteiger partial charge in [-0.2, -0.15) is 0 Å². The lowest BCUT2D eigenvalue weighted by molar-refractivity contribution is -0.287. The van der Waals surface area contributed by atoms with Gasteiger partial charge in [0.05, 0.1) is 33.5 Å². The Morgan fingerprint density at radius 1 is 0.960 bits per heavy atom. The Bertz CT molecular complexity index is 363. The monoisotopic (exact) mass is 359 g/mol. The van der Waals surface area contributed by atoms with Crippen molar-refractivity contribution in [1.82, 2.24) is 4.90 Å². The molecule has 0 aromatic carbocycles. The Morgan fingerprint density at radius 2 is 1.72 bits per heavy atom. The minimum absolute atomic E-state index is 0.00419. The van der Waals surface area contributed by atoms with Gasteiger partial charge in [0, 0.05) is 25.2 Å². The van der Waals surface area contributed by atoms with E-state index in [9.17, 15) is 0 Å². The van der Waals surface area contributed by atoms with Crippen molar-refractivity contribution in [3.8, 4) is 0 Å². The van der Waals surface area contributed by atoms with E-state index in [-0.39, 0.29) is 6.29 Å². The highest BCUT2D eigenvalue weighted by Gasteiger charge is 2.42. The lowest BCUT2D eigenvalue weighted by Crippen LogP contribution is -2.57. The maximum absolute atomic E-state index is 6.30. The molecule has 3 atom stereocenters. The molecule has 3 unspecified atom stereocenters. The maximum atomic E-state index is 6.30. The lowest BCUT2D eigenvalue weighted by Gasteiger charge is -2.51. The number of nitrogens with zero attached hydrogens (tertiary/aromatic N) is 1. The van der Waals surface area contributed by atoms with Crippen LogP contribution in [0.4, 0.5) is 0 Å². The quantitative estimate of drug-likeness (QED) is 0.356. The number of fused-ring (bicyclic) bond motifs is 2. The average molecular weight is 359 g/mol. The Balaban J connectivity index is 1.55. The number of hydrogen-bond acceptors (Lipinski definition) is 7. The van der Waals surface area contributed by atoms with Gasteiger partial charge in [-0.3, -0.25) is 4.90 Å². The second-order valence-electron chi connectivity index (χ2n) is 7.35. The van der Waals surface area contributed by atoms with Crippen LogP contribution in [0.3, 0.4) is 0 Å². The van der Waals surface area contributed by atoms with Gasteiger partial charge in [-0.15, -0.1) is 0 Å². The minimum Gasteiger partial charge on any atom is -0.353 e. The minimum atomic E-state index is -0.00419. The molecule has 0 saturated carbocycles. The zero-order valence-corrected chi connectivity index (χ0v) is 15.6. The third kappa shape index (κ3) is 5.60. The maximum Gasteiger partial charge on any atom is 0.157 e. The molecular formula is C18H33NO6. The van der Waals surface area contributed by atoms with Gasteiger partial charge >= 0.3 is 0 Å².